The molecule has 186 valence electrons. The van der Waals surface area contributed by atoms with Gasteiger partial charge in [-0.3, -0.25) is 14.4 Å². The Morgan fingerprint density at radius 1 is 1.31 bits per heavy atom. The van der Waals surface area contributed by atoms with Gasteiger partial charge in [0.15, 0.2) is 0 Å². The van der Waals surface area contributed by atoms with Crippen molar-refractivity contribution in [3.05, 3.63) is 70.1 Å². The summed E-state index contributed by atoms with van der Waals surface area (Å²) in [5.74, 6) is -0.301. The highest BCUT2D eigenvalue weighted by Gasteiger charge is 2.30. The van der Waals surface area contributed by atoms with E-state index >= 15 is 0 Å². The number of aliphatic carboxylic acids is 1. The highest BCUT2D eigenvalue weighted by atomic mass is 35.5. The van der Waals surface area contributed by atoms with Crippen molar-refractivity contribution >= 4 is 17.6 Å². The van der Waals surface area contributed by atoms with Gasteiger partial charge in [-0.15, -0.1) is 5.10 Å². The van der Waals surface area contributed by atoms with Crippen LogP contribution in [0.2, 0.25) is 5.02 Å². The minimum absolute atomic E-state index is 0.0482. The van der Waals surface area contributed by atoms with Crippen LogP contribution in [0.15, 0.2) is 42.7 Å². The average Bonchev–Trinajstić information content (AvgIpc) is 3.21. The zero-order chi connectivity index (χ0) is 25.0. The summed E-state index contributed by atoms with van der Waals surface area (Å²) in [6.45, 7) is 8.89. The number of pyridine rings is 1. The fraction of sp³-hybridized carbons (Fsp3) is 0.462. The predicted octanol–water partition coefficient (Wildman–Crippen LogP) is 4.71. The second kappa shape index (κ2) is 10.7. The van der Waals surface area contributed by atoms with E-state index in [1.165, 1.54) is 0 Å². The number of halogens is 1. The number of fused-ring (bicyclic) bond motifs is 1. The molecular formula is C26H32ClN5O3. The van der Waals surface area contributed by atoms with Crippen LogP contribution in [-0.4, -0.2) is 48.1 Å². The van der Waals surface area contributed by atoms with Gasteiger partial charge in [-0.1, -0.05) is 35.0 Å². The van der Waals surface area contributed by atoms with Crippen LogP contribution in [-0.2, 0) is 30.8 Å². The maximum absolute atomic E-state index is 11.7. The normalized spacial score (nSPS) is 16.2. The Kier molecular flexibility index (Phi) is 7.72. The van der Waals surface area contributed by atoms with Gasteiger partial charge in [-0.05, 0) is 62.8 Å². The lowest BCUT2D eigenvalue weighted by atomic mass is 9.89. The van der Waals surface area contributed by atoms with Crippen molar-refractivity contribution in [3.63, 3.8) is 0 Å². The number of nitrogens with zero attached hydrogens (tertiary/aromatic N) is 5. The van der Waals surface area contributed by atoms with Crippen molar-refractivity contribution in [2.75, 3.05) is 6.54 Å². The van der Waals surface area contributed by atoms with Gasteiger partial charge >= 0.3 is 5.97 Å². The standard InChI is InChI=1S/C26H32ClN5O3/c1-4-32-16-22(29-30-32)9-7-19(13-24(33)34)18-8-10-23(27)21(12-18)15-31-14-20-6-5-11-28-25(20)35-26(2,3)17-31/h5-6,8,10-12,16,19H,4,7,9,13-15,17H2,1-3H3,(H,33,34). The summed E-state index contributed by atoms with van der Waals surface area (Å²) in [5.41, 5.74) is 3.44. The molecule has 9 heteroatoms. The molecule has 0 saturated heterocycles. The number of carbonyl (C=O) groups is 1. The number of benzene rings is 1. The van der Waals surface area contributed by atoms with Crippen LogP contribution in [0, 0.1) is 0 Å². The van der Waals surface area contributed by atoms with E-state index in [1.807, 2.05) is 37.4 Å². The summed E-state index contributed by atoms with van der Waals surface area (Å²) < 4.78 is 7.95. The van der Waals surface area contributed by atoms with Crippen LogP contribution in [0.25, 0.3) is 0 Å². The third kappa shape index (κ3) is 6.58. The largest absolute Gasteiger partial charge is 0.481 e. The molecule has 0 bridgehead atoms. The van der Waals surface area contributed by atoms with E-state index in [0.29, 0.717) is 43.4 Å². The fourth-order valence-electron chi connectivity index (χ4n) is 4.62. The monoisotopic (exact) mass is 497 g/mol. The van der Waals surface area contributed by atoms with Crippen molar-refractivity contribution in [3.8, 4) is 5.88 Å². The molecule has 2 aromatic heterocycles. The predicted molar refractivity (Wildman–Crippen MR) is 134 cm³/mol. The first-order valence-corrected chi connectivity index (χ1v) is 12.3. The van der Waals surface area contributed by atoms with Gasteiger partial charge in [-0.25, -0.2) is 4.98 Å². The van der Waals surface area contributed by atoms with Crippen molar-refractivity contribution < 1.29 is 14.6 Å². The molecule has 1 aromatic carbocycles. The number of aromatic nitrogens is 4. The molecule has 1 aliphatic rings. The molecule has 0 radical (unpaired) electrons. The van der Waals surface area contributed by atoms with E-state index in [9.17, 15) is 9.90 Å². The highest BCUT2D eigenvalue weighted by Crippen LogP contribution is 2.32. The first-order chi connectivity index (χ1) is 16.7. The second-order valence-electron chi connectivity index (χ2n) is 9.72. The van der Waals surface area contributed by atoms with E-state index in [-0.39, 0.29) is 12.3 Å². The molecule has 0 amide bonds. The molecule has 0 saturated carbocycles. The van der Waals surface area contributed by atoms with E-state index < -0.39 is 11.6 Å². The summed E-state index contributed by atoms with van der Waals surface area (Å²) >= 11 is 6.62. The van der Waals surface area contributed by atoms with Gasteiger partial charge < -0.3 is 9.84 Å². The molecular weight excluding hydrogens is 466 g/mol. The smallest absolute Gasteiger partial charge is 0.303 e. The molecule has 0 spiro atoms. The van der Waals surface area contributed by atoms with E-state index in [1.54, 1.807) is 10.9 Å². The number of aryl methyl sites for hydroxylation is 2. The van der Waals surface area contributed by atoms with Gasteiger partial charge in [-0.2, -0.15) is 0 Å². The Morgan fingerprint density at radius 2 is 2.14 bits per heavy atom. The van der Waals surface area contributed by atoms with Crippen LogP contribution in [0.5, 0.6) is 5.88 Å². The summed E-state index contributed by atoms with van der Waals surface area (Å²) in [4.78, 5) is 18.4. The van der Waals surface area contributed by atoms with Crippen LogP contribution >= 0.6 is 11.6 Å². The fourth-order valence-corrected chi connectivity index (χ4v) is 4.79. The van der Waals surface area contributed by atoms with Crippen LogP contribution < -0.4 is 4.74 Å². The minimum atomic E-state index is -0.820. The topological polar surface area (TPSA) is 93.4 Å². The molecule has 1 N–H and O–H groups in total. The maximum atomic E-state index is 11.7. The zero-order valence-electron chi connectivity index (χ0n) is 20.4. The van der Waals surface area contributed by atoms with E-state index in [0.717, 1.165) is 28.9 Å². The van der Waals surface area contributed by atoms with Crippen LogP contribution in [0.3, 0.4) is 0 Å². The van der Waals surface area contributed by atoms with Gasteiger partial charge in [0.05, 0.1) is 12.1 Å². The number of ether oxygens (including phenoxy) is 1. The Balaban J connectivity index is 1.54. The molecule has 1 aliphatic heterocycles. The van der Waals surface area contributed by atoms with Crippen LogP contribution in [0.1, 0.15) is 61.9 Å². The van der Waals surface area contributed by atoms with E-state index in [2.05, 4.69) is 40.1 Å². The molecule has 0 fully saturated rings. The average molecular weight is 498 g/mol. The SMILES string of the molecule is CCn1cc(CCC(CC(=O)O)c2ccc(Cl)c(CN3Cc4cccnc4OC(C)(C)C3)c2)nn1. The highest BCUT2D eigenvalue weighted by molar-refractivity contribution is 6.31. The number of carboxylic acid groups (broad SMARTS) is 1. The lowest BCUT2D eigenvalue weighted by Crippen LogP contribution is -2.40. The summed E-state index contributed by atoms with van der Waals surface area (Å²) in [6, 6.07) is 9.83. The summed E-state index contributed by atoms with van der Waals surface area (Å²) in [7, 11) is 0. The van der Waals surface area contributed by atoms with Crippen molar-refractivity contribution in [2.45, 2.75) is 71.2 Å². The first kappa shape index (κ1) is 25.1. The van der Waals surface area contributed by atoms with Gasteiger partial charge in [0.2, 0.25) is 5.88 Å². The molecule has 1 atom stereocenters. The van der Waals surface area contributed by atoms with Gasteiger partial charge in [0.1, 0.15) is 5.60 Å². The number of rotatable bonds is 9. The Morgan fingerprint density at radius 3 is 2.89 bits per heavy atom. The first-order valence-electron chi connectivity index (χ1n) is 12.0. The Bertz CT molecular complexity index is 1180. The maximum Gasteiger partial charge on any atom is 0.303 e. The summed E-state index contributed by atoms with van der Waals surface area (Å²) in [6.07, 6.45) is 5.04. The lowest BCUT2D eigenvalue weighted by molar-refractivity contribution is -0.137. The molecule has 3 aromatic rings. The molecule has 1 unspecified atom stereocenters. The van der Waals surface area contributed by atoms with Gasteiger partial charge in [0.25, 0.3) is 0 Å². The second-order valence-corrected chi connectivity index (χ2v) is 10.1. The molecule has 0 aliphatic carbocycles. The number of carboxylic acids is 1. The minimum Gasteiger partial charge on any atom is -0.481 e. The van der Waals surface area contributed by atoms with E-state index in [4.69, 9.17) is 16.3 Å². The van der Waals surface area contributed by atoms with Crippen molar-refractivity contribution in [2.24, 2.45) is 0 Å². The Hall–Kier alpha value is -2.97. The molecule has 8 nitrogen and oxygen atoms in total. The lowest BCUT2D eigenvalue weighted by Gasteiger charge is -2.29. The third-order valence-electron chi connectivity index (χ3n) is 6.24. The molecule has 4 rings (SSSR count). The quantitative estimate of drug-likeness (QED) is 0.457. The zero-order valence-corrected chi connectivity index (χ0v) is 21.2. The third-order valence-corrected chi connectivity index (χ3v) is 6.61. The number of hydrogen-bond donors (Lipinski definition) is 1. The van der Waals surface area contributed by atoms with Crippen molar-refractivity contribution in [1.82, 2.24) is 24.9 Å². The molecule has 35 heavy (non-hydrogen) atoms. The van der Waals surface area contributed by atoms with Crippen molar-refractivity contribution in [1.29, 1.82) is 0 Å². The van der Waals surface area contributed by atoms with Gasteiger partial charge in [0, 0.05) is 49.2 Å². The summed E-state index contributed by atoms with van der Waals surface area (Å²) in [5, 5.41) is 18.5. The Labute approximate surface area is 210 Å². The van der Waals surface area contributed by atoms with Crippen LogP contribution in [0.4, 0.5) is 0 Å². The number of hydrogen-bond acceptors (Lipinski definition) is 6. The molecule has 3 heterocycles.